The molecule has 20 heavy (non-hydrogen) atoms. The van der Waals surface area contributed by atoms with Crippen LogP contribution in [-0.4, -0.2) is 22.6 Å². The molecule has 2 aliphatic rings. The van der Waals surface area contributed by atoms with Crippen molar-refractivity contribution >= 4 is 0 Å². The van der Waals surface area contributed by atoms with Crippen molar-refractivity contribution in [1.29, 1.82) is 0 Å². The van der Waals surface area contributed by atoms with Crippen molar-refractivity contribution in [3.8, 4) is 0 Å². The van der Waals surface area contributed by atoms with E-state index in [1.807, 2.05) is 0 Å². The lowest BCUT2D eigenvalue weighted by Gasteiger charge is -2.14. The van der Waals surface area contributed by atoms with Gasteiger partial charge in [0.1, 0.15) is 5.82 Å². The summed E-state index contributed by atoms with van der Waals surface area (Å²) in [6, 6.07) is 0.788. The van der Waals surface area contributed by atoms with E-state index in [9.17, 15) is 0 Å². The molecule has 2 saturated carbocycles. The fourth-order valence-electron chi connectivity index (χ4n) is 3.44. The minimum Gasteiger partial charge on any atom is -0.314 e. The zero-order chi connectivity index (χ0) is 14.1. The highest BCUT2D eigenvalue weighted by molar-refractivity contribution is 5.25. The number of rotatable bonds is 5. The molecule has 2 fully saturated rings. The summed E-state index contributed by atoms with van der Waals surface area (Å²) < 4.78 is 0. The number of nitrogens with one attached hydrogen (secondary N) is 1. The van der Waals surface area contributed by atoms with Crippen molar-refractivity contribution in [2.24, 2.45) is 5.92 Å². The molecular formula is C17H27N3. The van der Waals surface area contributed by atoms with E-state index < -0.39 is 0 Å². The predicted molar refractivity (Wildman–Crippen MR) is 82.0 cm³/mol. The second-order valence-electron chi connectivity index (χ2n) is 6.82. The highest BCUT2D eigenvalue weighted by Gasteiger charge is 2.26. The Hall–Kier alpha value is -0.960. The molecule has 1 aromatic rings. The van der Waals surface area contributed by atoms with E-state index in [1.165, 1.54) is 49.1 Å². The van der Waals surface area contributed by atoms with Gasteiger partial charge >= 0.3 is 0 Å². The molecular weight excluding hydrogens is 246 g/mol. The Morgan fingerprint density at radius 3 is 2.30 bits per heavy atom. The van der Waals surface area contributed by atoms with Gasteiger partial charge in [0.05, 0.1) is 0 Å². The van der Waals surface area contributed by atoms with E-state index in [1.54, 1.807) is 0 Å². The number of aromatic nitrogens is 2. The SMILES string of the molecule is Cc1nc(C2CCC(C)C2)nc(C)c1CCNC1CC1. The largest absolute Gasteiger partial charge is 0.314 e. The van der Waals surface area contributed by atoms with Crippen LogP contribution in [0.3, 0.4) is 0 Å². The first kappa shape index (κ1) is 14.0. The Labute approximate surface area is 122 Å². The maximum absolute atomic E-state index is 4.82. The van der Waals surface area contributed by atoms with Gasteiger partial charge in [0.25, 0.3) is 0 Å². The van der Waals surface area contributed by atoms with Gasteiger partial charge in [0.2, 0.25) is 0 Å². The van der Waals surface area contributed by atoms with Gasteiger partial charge in [-0.3, -0.25) is 0 Å². The van der Waals surface area contributed by atoms with E-state index in [0.29, 0.717) is 5.92 Å². The summed E-state index contributed by atoms with van der Waals surface area (Å²) >= 11 is 0. The minimum absolute atomic E-state index is 0.598. The van der Waals surface area contributed by atoms with E-state index in [2.05, 4.69) is 26.1 Å². The Bertz CT molecular complexity index is 456. The normalized spacial score (nSPS) is 26.1. The van der Waals surface area contributed by atoms with Gasteiger partial charge in [0.15, 0.2) is 0 Å². The Balaban J connectivity index is 1.68. The summed E-state index contributed by atoms with van der Waals surface area (Å²) in [6.45, 7) is 7.72. The molecule has 3 heteroatoms. The zero-order valence-corrected chi connectivity index (χ0v) is 13.1. The monoisotopic (exact) mass is 273 g/mol. The molecule has 3 nitrogen and oxygen atoms in total. The second kappa shape index (κ2) is 5.80. The van der Waals surface area contributed by atoms with E-state index in [0.717, 1.165) is 30.7 Å². The lowest BCUT2D eigenvalue weighted by molar-refractivity contribution is 0.582. The molecule has 2 aliphatic carbocycles. The summed E-state index contributed by atoms with van der Waals surface area (Å²) in [5.74, 6) is 2.54. The van der Waals surface area contributed by atoms with Crippen LogP contribution in [0.1, 0.15) is 67.7 Å². The predicted octanol–water partition coefficient (Wildman–Crippen LogP) is 3.29. The third-order valence-electron chi connectivity index (χ3n) is 4.88. The molecule has 2 atom stereocenters. The molecule has 0 saturated heterocycles. The van der Waals surface area contributed by atoms with Crippen LogP contribution in [0.5, 0.6) is 0 Å². The van der Waals surface area contributed by atoms with Crippen LogP contribution in [0.4, 0.5) is 0 Å². The molecule has 0 aromatic carbocycles. The van der Waals surface area contributed by atoms with Crippen molar-refractivity contribution in [2.45, 2.75) is 71.3 Å². The molecule has 0 bridgehead atoms. The maximum Gasteiger partial charge on any atom is 0.131 e. The van der Waals surface area contributed by atoms with E-state index in [4.69, 9.17) is 9.97 Å². The molecule has 1 aromatic heterocycles. The fraction of sp³-hybridized carbons (Fsp3) is 0.765. The van der Waals surface area contributed by atoms with Crippen LogP contribution < -0.4 is 5.32 Å². The van der Waals surface area contributed by atoms with Crippen molar-refractivity contribution in [1.82, 2.24) is 15.3 Å². The summed E-state index contributed by atoms with van der Waals surface area (Å²) in [6.07, 6.45) is 7.64. The first-order chi connectivity index (χ1) is 9.63. The van der Waals surface area contributed by atoms with Gasteiger partial charge in [-0.05, 0) is 70.4 Å². The number of hydrogen-bond acceptors (Lipinski definition) is 3. The van der Waals surface area contributed by atoms with Crippen molar-refractivity contribution in [2.75, 3.05) is 6.54 Å². The second-order valence-corrected chi connectivity index (χ2v) is 6.82. The molecule has 110 valence electrons. The first-order valence-electron chi connectivity index (χ1n) is 8.21. The number of aryl methyl sites for hydroxylation is 2. The third-order valence-corrected chi connectivity index (χ3v) is 4.88. The molecule has 0 aliphatic heterocycles. The Morgan fingerprint density at radius 1 is 1.05 bits per heavy atom. The fourth-order valence-corrected chi connectivity index (χ4v) is 3.44. The van der Waals surface area contributed by atoms with Gasteiger partial charge in [-0.1, -0.05) is 6.92 Å². The Kier molecular flexibility index (Phi) is 4.06. The minimum atomic E-state index is 0.598. The van der Waals surface area contributed by atoms with Crippen LogP contribution in [0.25, 0.3) is 0 Å². The average molecular weight is 273 g/mol. The zero-order valence-electron chi connectivity index (χ0n) is 13.1. The smallest absolute Gasteiger partial charge is 0.131 e. The van der Waals surface area contributed by atoms with Crippen LogP contribution in [0.15, 0.2) is 0 Å². The summed E-state index contributed by atoms with van der Waals surface area (Å²) in [7, 11) is 0. The van der Waals surface area contributed by atoms with Crippen LogP contribution >= 0.6 is 0 Å². The van der Waals surface area contributed by atoms with Gasteiger partial charge in [-0.25, -0.2) is 9.97 Å². The number of nitrogens with zero attached hydrogens (tertiary/aromatic N) is 2. The Morgan fingerprint density at radius 2 is 1.75 bits per heavy atom. The first-order valence-corrected chi connectivity index (χ1v) is 8.21. The number of hydrogen-bond donors (Lipinski definition) is 1. The third kappa shape index (κ3) is 3.20. The van der Waals surface area contributed by atoms with E-state index >= 15 is 0 Å². The summed E-state index contributed by atoms with van der Waals surface area (Å²) in [4.78, 5) is 9.65. The highest BCUT2D eigenvalue weighted by Crippen LogP contribution is 2.36. The molecule has 1 heterocycles. The van der Waals surface area contributed by atoms with Gasteiger partial charge < -0.3 is 5.32 Å². The van der Waals surface area contributed by atoms with Gasteiger partial charge in [0, 0.05) is 23.3 Å². The van der Waals surface area contributed by atoms with Crippen molar-refractivity contribution < 1.29 is 0 Å². The van der Waals surface area contributed by atoms with Crippen LogP contribution in [-0.2, 0) is 6.42 Å². The lowest BCUT2D eigenvalue weighted by Crippen LogP contribution is -2.20. The maximum atomic E-state index is 4.82. The van der Waals surface area contributed by atoms with Crippen LogP contribution in [0, 0.1) is 19.8 Å². The molecule has 0 radical (unpaired) electrons. The van der Waals surface area contributed by atoms with E-state index in [-0.39, 0.29) is 0 Å². The van der Waals surface area contributed by atoms with Crippen molar-refractivity contribution in [3.63, 3.8) is 0 Å². The van der Waals surface area contributed by atoms with Crippen molar-refractivity contribution in [3.05, 3.63) is 22.8 Å². The molecule has 0 spiro atoms. The van der Waals surface area contributed by atoms with Gasteiger partial charge in [-0.2, -0.15) is 0 Å². The molecule has 3 rings (SSSR count). The molecule has 2 unspecified atom stereocenters. The summed E-state index contributed by atoms with van der Waals surface area (Å²) in [5, 5.41) is 3.58. The van der Waals surface area contributed by atoms with Crippen LogP contribution in [0.2, 0.25) is 0 Å². The lowest BCUT2D eigenvalue weighted by atomic mass is 10.0. The summed E-state index contributed by atoms with van der Waals surface area (Å²) in [5.41, 5.74) is 3.75. The highest BCUT2D eigenvalue weighted by atomic mass is 14.9. The van der Waals surface area contributed by atoms with Gasteiger partial charge in [-0.15, -0.1) is 0 Å². The molecule has 1 N–H and O–H groups in total. The quantitative estimate of drug-likeness (QED) is 0.894. The molecule has 0 amide bonds. The average Bonchev–Trinajstić information content (AvgIpc) is 3.12. The topological polar surface area (TPSA) is 37.8 Å². The standard InChI is InChI=1S/C17H27N3/c1-11-4-5-14(10-11)17-19-12(2)16(13(3)20-17)8-9-18-15-6-7-15/h11,14-15,18H,4-10H2,1-3H3.